The first-order valence-electron chi connectivity index (χ1n) is 19.3. The lowest BCUT2D eigenvalue weighted by molar-refractivity contribution is 0.669. The van der Waals surface area contributed by atoms with E-state index in [4.69, 9.17) is 19.4 Å². The highest BCUT2D eigenvalue weighted by molar-refractivity contribution is 7.99. The van der Waals surface area contributed by atoms with E-state index in [-0.39, 0.29) is 0 Å². The first kappa shape index (κ1) is 34.0. The summed E-state index contributed by atoms with van der Waals surface area (Å²) in [5.41, 5.74) is 13.5. The van der Waals surface area contributed by atoms with Gasteiger partial charge in [0, 0.05) is 37.3 Å². The summed E-state index contributed by atoms with van der Waals surface area (Å²) in [6, 6.07) is 65.6. The molecule has 3 heterocycles. The highest BCUT2D eigenvalue weighted by Crippen LogP contribution is 2.47. The summed E-state index contributed by atoms with van der Waals surface area (Å²) >= 11 is 1.79. The summed E-state index contributed by atoms with van der Waals surface area (Å²) in [6.45, 7) is 0. The molecule has 58 heavy (non-hydrogen) atoms. The van der Waals surface area contributed by atoms with Gasteiger partial charge in [0.15, 0.2) is 17.5 Å². The first-order chi connectivity index (χ1) is 28.7. The van der Waals surface area contributed by atoms with Gasteiger partial charge in [-0.05, 0) is 80.9 Å². The van der Waals surface area contributed by atoms with Gasteiger partial charge in [-0.15, -0.1) is 0 Å². The molecule has 0 N–H and O–H groups in total. The summed E-state index contributed by atoms with van der Waals surface area (Å²) < 4.78 is 6.53. The van der Waals surface area contributed by atoms with E-state index >= 15 is 0 Å². The molecule has 8 aromatic carbocycles. The molecule has 0 bridgehead atoms. The molecule has 10 aromatic rings. The van der Waals surface area contributed by atoms with Crippen LogP contribution in [0.3, 0.4) is 0 Å². The molecule has 0 spiro atoms. The molecular weight excluding hydrogens is 727 g/mol. The molecule has 0 atom stereocenters. The fourth-order valence-electron chi connectivity index (χ4n) is 7.90. The van der Waals surface area contributed by atoms with Crippen molar-refractivity contribution >= 4 is 45.9 Å². The van der Waals surface area contributed by atoms with Gasteiger partial charge < -0.3 is 4.42 Å². The van der Waals surface area contributed by atoms with Crippen LogP contribution in [0.15, 0.2) is 202 Å². The van der Waals surface area contributed by atoms with Gasteiger partial charge in [-0.25, -0.2) is 15.0 Å². The van der Waals surface area contributed by atoms with Crippen molar-refractivity contribution in [3.05, 3.63) is 199 Å². The number of hydrogen-bond donors (Lipinski definition) is 0. The van der Waals surface area contributed by atoms with E-state index in [0.717, 1.165) is 76.9 Å². The summed E-state index contributed by atoms with van der Waals surface area (Å²) in [4.78, 5) is 17.7. The average molecular weight is 760 g/mol. The van der Waals surface area contributed by atoms with Crippen molar-refractivity contribution in [3.63, 3.8) is 0 Å². The first-order valence-corrected chi connectivity index (χ1v) is 20.2. The Labute approximate surface area is 340 Å². The van der Waals surface area contributed by atoms with Crippen LogP contribution in [0, 0.1) is 0 Å². The van der Waals surface area contributed by atoms with Crippen LogP contribution < -0.4 is 0 Å². The van der Waals surface area contributed by atoms with E-state index in [1.54, 1.807) is 11.8 Å². The maximum absolute atomic E-state index is 6.53. The van der Waals surface area contributed by atoms with Crippen LogP contribution in [-0.4, -0.2) is 15.0 Å². The number of fused-ring (bicyclic) bond motifs is 9. The largest absolute Gasteiger partial charge is 0.456 e. The molecule has 2 aromatic heterocycles. The van der Waals surface area contributed by atoms with Crippen molar-refractivity contribution in [2.75, 3.05) is 0 Å². The predicted molar refractivity (Wildman–Crippen MR) is 239 cm³/mol. The molecule has 1 aliphatic heterocycles. The van der Waals surface area contributed by atoms with Crippen LogP contribution in [0.5, 0.6) is 0 Å². The number of para-hydroxylation sites is 1. The predicted octanol–water partition coefficient (Wildman–Crippen LogP) is 14.4. The third kappa shape index (κ3) is 6.19. The van der Waals surface area contributed by atoms with Gasteiger partial charge in [0.05, 0.1) is 0 Å². The molecule has 4 nitrogen and oxygen atoms in total. The van der Waals surface area contributed by atoms with Gasteiger partial charge in [0.1, 0.15) is 11.2 Å². The van der Waals surface area contributed by atoms with E-state index < -0.39 is 0 Å². The monoisotopic (exact) mass is 759 g/mol. The molecule has 272 valence electrons. The van der Waals surface area contributed by atoms with Crippen molar-refractivity contribution in [1.29, 1.82) is 0 Å². The minimum absolute atomic E-state index is 0.602. The molecule has 0 saturated carbocycles. The summed E-state index contributed by atoms with van der Waals surface area (Å²) in [5.74, 6) is 1.84. The van der Waals surface area contributed by atoms with Gasteiger partial charge >= 0.3 is 0 Å². The second kappa shape index (κ2) is 14.3. The molecule has 0 amide bonds. The van der Waals surface area contributed by atoms with Gasteiger partial charge in [-0.2, -0.15) is 0 Å². The normalized spacial score (nSPS) is 12.0. The minimum atomic E-state index is 0.602. The Morgan fingerprint density at radius 1 is 0.328 bits per heavy atom. The molecule has 11 rings (SSSR count). The molecule has 0 radical (unpaired) electrons. The Bertz CT molecular complexity index is 3210. The van der Waals surface area contributed by atoms with Crippen LogP contribution in [0.2, 0.25) is 0 Å². The molecule has 1 aliphatic rings. The SMILES string of the molecule is C1=Cc2ccc(-c3nc(-c4ccccc4)nc(-c4cccc(-c5ccccc5)c4)n3)cc2-c2cc3oc4ccccc4c3cc2Sc2ccccc2-c2ccccc21. The molecule has 0 saturated heterocycles. The van der Waals surface area contributed by atoms with Crippen LogP contribution in [-0.2, 0) is 0 Å². The van der Waals surface area contributed by atoms with Gasteiger partial charge in [-0.1, -0.05) is 176 Å². The number of furan rings is 1. The highest BCUT2D eigenvalue weighted by atomic mass is 32.2. The average Bonchev–Trinajstić information content (AvgIpc) is 3.65. The summed E-state index contributed by atoms with van der Waals surface area (Å²) in [7, 11) is 0. The van der Waals surface area contributed by atoms with Crippen molar-refractivity contribution in [2.45, 2.75) is 9.79 Å². The van der Waals surface area contributed by atoms with Crippen LogP contribution in [0.1, 0.15) is 11.1 Å². The third-order valence-corrected chi connectivity index (χ3v) is 11.9. The second-order valence-corrected chi connectivity index (χ2v) is 15.5. The Balaban J connectivity index is 1.15. The van der Waals surface area contributed by atoms with Crippen molar-refractivity contribution < 1.29 is 4.42 Å². The molecule has 5 heteroatoms. The van der Waals surface area contributed by atoms with E-state index in [2.05, 4.69) is 152 Å². The zero-order chi connectivity index (χ0) is 38.4. The van der Waals surface area contributed by atoms with Gasteiger partial charge in [-0.3, -0.25) is 0 Å². The van der Waals surface area contributed by atoms with Crippen LogP contribution >= 0.6 is 11.8 Å². The Hall–Kier alpha value is -7.34. The lowest BCUT2D eigenvalue weighted by atomic mass is 9.94. The number of rotatable bonds is 4. The Kier molecular flexibility index (Phi) is 8.37. The quantitative estimate of drug-likeness (QED) is 0.179. The van der Waals surface area contributed by atoms with E-state index in [1.807, 2.05) is 48.5 Å². The van der Waals surface area contributed by atoms with Gasteiger partial charge in [0.2, 0.25) is 0 Å². The van der Waals surface area contributed by atoms with Crippen molar-refractivity contribution in [2.24, 2.45) is 0 Å². The minimum Gasteiger partial charge on any atom is -0.456 e. The fraction of sp³-hybridized carbons (Fsp3) is 0. The van der Waals surface area contributed by atoms with E-state index in [9.17, 15) is 0 Å². The number of nitrogens with zero attached hydrogens (tertiary/aromatic N) is 3. The lowest BCUT2D eigenvalue weighted by Crippen LogP contribution is -2.01. The second-order valence-electron chi connectivity index (χ2n) is 14.4. The van der Waals surface area contributed by atoms with Crippen LogP contribution in [0.4, 0.5) is 0 Å². The molecular formula is C53H33N3OS. The molecule has 0 fully saturated rings. The smallest absolute Gasteiger partial charge is 0.164 e. The zero-order valence-electron chi connectivity index (χ0n) is 31.2. The number of benzene rings is 8. The summed E-state index contributed by atoms with van der Waals surface area (Å²) in [5, 5.41) is 2.19. The fourth-order valence-corrected chi connectivity index (χ4v) is 9.03. The maximum Gasteiger partial charge on any atom is 0.164 e. The van der Waals surface area contributed by atoms with E-state index in [0.29, 0.717) is 17.5 Å². The maximum atomic E-state index is 6.53. The standard InChI is InChI=1S/C53H33N3OS/c1-3-14-34(15-4-1)38-19-13-20-39(30-38)52-54-51(37-17-5-2-6-18-37)55-53(56-52)40-29-28-36-27-26-35-16-7-8-21-41(35)43-23-10-12-25-49(43)58-50-33-45-42-22-9-11-24-47(42)57-48(45)32-46(50)44(36)31-40/h1-33H. The number of hydrogen-bond acceptors (Lipinski definition) is 5. The Morgan fingerprint density at radius 2 is 0.931 bits per heavy atom. The van der Waals surface area contributed by atoms with E-state index in [1.165, 1.54) is 16.0 Å². The third-order valence-electron chi connectivity index (χ3n) is 10.8. The lowest BCUT2D eigenvalue weighted by Gasteiger charge is -2.16. The topological polar surface area (TPSA) is 51.8 Å². The molecule has 0 aliphatic carbocycles. The van der Waals surface area contributed by atoms with Gasteiger partial charge in [0.25, 0.3) is 0 Å². The van der Waals surface area contributed by atoms with Crippen LogP contribution in [0.25, 0.3) is 102 Å². The Morgan fingerprint density at radius 3 is 1.74 bits per heavy atom. The summed E-state index contributed by atoms with van der Waals surface area (Å²) in [6.07, 6.45) is 4.46. The van der Waals surface area contributed by atoms with Crippen molar-refractivity contribution in [3.8, 4) is 67.5 Å². The zero-order valence-corrected chi connectivity index (χ0v) is 32.0. The molecule has 0 unspecified atom stereocenters. The highest BCUT2D eigenvalue weighted by Gasteiger charge is 2.21. The number of aromatic nitrogens is 3. The van der Waals surface area contributed by atoms with Crippen molar-refractivity contribution in [1.82, 2.24) is 15.0 Å².